The number of rotatable bonds is 7. The van der Waals surface area contributed by atoms with Crippen LogP contribution < -0.4 is 15.4 Å². The SMILES string of the molecule is COc1ccc(C)cc1CCNC(=O)CN1C(=O)N[C@](C)(C2CC2)C1=O. The van der Waals surface area contributed by atoms with E-state index < -0.39 is 11.6 Å². The molecule has 2 N–H and O–H groups in total. The Balaban J connectivity index is 1.53. The second-order valence-electron chi connectivity index (χ2n) is 7.21. The summed E-state index contributed by atoms with van der Waals surface area (Å²) < 4.78 is 5.33. The van der Waals surface area contributed by atoms with E-state index in [9.17, 15) is 14.4 Å². The van der Waals surface area contributed by atoms with Crippen molar-refractivity contribution in [3.05, 3.63) is 29.3 Å². The van der Waals surface area contributed by atoms with E-state index in [0.717, 1.165) is 34.6 Å². The van der Waals surface area contributed by atoms with Gasteiger partial charge in [-0.15, -0.1) is 0 Å². The van der Waals surface area contributed by atoms with Gasteiger partial charge in [0.1, 0.15) is 17.8 Å². The van der Waals surface area contributed by atoms with Crippen LogP contribution in [0.2, 0.25) is 0 Å². The third kappa shape index (κ3) is 3.52. The van der Waals surface area contributed by atoms with Crippen LogP contribution in [0.25, 0.3) is 0 Å². The van der Waals surface area contributed by atoms with E-state index in [-0.39, 0.29) is 24.3 Å². The van der Waals surface area contributed by atoms with Gasteiger partial charge in [0.2, 0.25) is 5.91 Å². The summed E-state index contributed by atoms with van der Waals surface area (Å²) in [5.41, 5.74) is 1.27. The van der Waals surface area contributed by atoms with Crippen LogP contribution >= 0.6 is 0 Å². The molecule has 140 valence electrons. The number of nitrogens with one attached hydrogen (secondary N) is 2. The summed E-state index contributed by atoms with van der Waals surface area (Å²) in [5.74, 6) is 0.306. The number of carbonyl (C=O) groups is 3. The first-order chi connectivity index (χ1) is 12.3. The lowest BCUT2D eigenvalue weighted by Crippen LogP contribution is -2.47. The molecule has 3 rings (SSSR count). The van der Waals surface area contributed by atoms with Crippen molar-refractivity contribution in [2.24, 2.45) is 5.92 Å². The highest BCUT2D eigenvalue weighted by Crippen LogP contribution is 2.42. The van der Waals surface area contributed by atoms with Gasteiger partial charge in [0.05, 0.1) is 7.11 Å². The Bertz CT molecular complexity index is 744. The minimum Gasteiger partial charge on any atom is -0.496 e. The van der Waals surface area contributed by atoms with Crippen molar-refractivity contribution < 1.29 is 19.1 Å². The molecule has 1 aliphatic heterocycles. The van der Waals surface area contributed by atoms with Gasteiger partial charge in [-0.3, -0.25) is 14.5 Å². The summed E-state index contributed by atoms with van der Waals surface area (Å²) in [7, 11) is 1.61. The fraction of sp³-hybridized carbons (Fsp3) is 0.526. The molecule has 4 amide bonds. The molecule has 1 heterocycles. The van der Waals surface area contributed by atoms with Crippen molar-refractivity contribution in [3.8, 4) is 5.75 Å². The molecular formula is C19H25N3O4. The lowest BCUT2D eigenvalue weighted by Gasteiger charge is -2.20. The maximum atomic E-state index is 12.5. The molecule has 0 radical (unpaired) electrons. The number of carbonyl (C=O) groups excluding carboxylic acids is 3. The monoisotopic (exact) mass is 359 g/mol. The van der Waals surface area contributed by atoms with Crippen LogP contribution in [0, 0.1) is 12.8 Å². The van der Waals surface area contributed by atoms with Gasteiger partial charge in [0.15, 0.2) is 0 Å². The number of nitrogens with zero attached hydrogens (tertiary/aromatic N) is 1. The second-order valence-corrected chi connectivity index (χ2v) is 7.21. The first kappa shape index (κ1) is 18.2. The fourth-order valence-electron chi connectivity index (χ4n) is 3.44. The number of amides is 4. The van der Waals surface area contributed by atoms with Gasteiger partial charge in [-0.1, -0.05) is 17.7 Å². The van der Waals surface area contributed by atoms with E-state index in [4.69, 9.17) is 4.74 Å². The molecule has 2 fully saturated rings. The molecule has 1 aromatic carbocycles. The highest BCUT2D eigenvalue weighted by Gasteiger charge is 2.56. The minimum absolute atomic E-state index is 0.181. The Morgan fingerprint density at radius 3 is 2.77 bits per heavy atom. The summed E-state index contributed by atoms with van der Waals surface area (Å²) in [4.78, 5) is 37.8. The molecule has 2 aliphatic rings. The van der Waals surface area contributed by atoms with Gasteiger partial charge in [-0.05, 0) is 50.7 Å². The number of methoxy groups -OCH3 is 1. The summed E-state index contributed by atoms with van der Waals surface area (Å²) >= 11 is 0. The molecule has 0 bridgehead atoms. The summed E-state index contributed by atoms with van der Waals surface area (Å²) in [6.45, 7) is 3.89. The molecular weight excluding hydrogens is 334 g/mol. The van der Waals surface area contributed by atoms with E-state index in [1.54, 1.807) is 14.0 Å². The quantitative estimate of drug-likeness (QED) is 0.720. The summed E-state index contributed by atoms with van der Waals surface area (Å²) in [6.07, 6.45) is 2.47. The molecule has 1 aromatic rings. The molecule has 0 aromatic heterocycles. The molecule has 1 aliphatic carbocycles. The molecule has 0 unspecified atom stereocenters. The molecule has 7 heteroatoms. The average molecular weight is 359 g/mol. The van der Waals surface area contributed by atoms with Gasteiger partial charge in [0, 0.05) is 6.54 Å². The van der Waals surface area contributed by atoms with Crippen molar-refractivity contribution in [2.45, 2.75) is 38.6 Å². The predicted molar refractivity (Wildman–Crippen MR) is 95.8 cm³/mol. The number of hydrogen-bond donors (Lipinski definition) is 2. The van der Waals surface area contributed by atoms with E-state index in [2.05, 4.69) is 10.6 Å². The average Bonchev–Trinajstić information content (AvgIpc) is 3.41. The highest BCUT2D eigenvalue weighted by molar-refractivity contribution is 6.09. The number of ether oxygens (including phenoxy) is 1. The van der Waals surface area contributed by atoms with Gasteiger partial charge in [-0.25, -0.2) is 4.79 Å². The molecule has 0 spiro atoms. The molecule has 26 heavy (non-hydrogen) atoms. The van der Waals surface area contributed by atoms with E-state index in [1.165, 1.54) is 0 Å². The summed E-state index contributed by atoms with van der Waals surface area (Å²) in [5, 5.41) is 5.52. The Morgan fingerprint density at radius 1 is 1.38 bits per heavy atom. The van der Waals surface area contributed by atoms with Crippen molar-refractivity contribution in [1.29, 1.82) is 0 Å². The number of hydrogen-bond acceptors (Lipinski definition) is 4. The van der Waals surface area contributed by atoms with E-state index >= 15 is 0 Å². The van der Waals surface area contributed by atoms with Crippen molar-refractivity contribution in [3.63, 3.8) is 0 Å². The van der Waals surface area contributed by atoms with Crippen LogP contribution in [0.4, 0.5) is 4.79 Å². The third-order valence-electron chi connectivity index (χ3n) is 5.15. The zero-order valence-corrected chi connectivity index (χ0v) is 15.4. The molecule has 1 atom stereocenters. The van der Waals surface area contributed by atoms with E-state index in [0.29, 0.717) is 13.0 Å². The zero-order chi connectivity index (χ0) is 18.9. The maximum Gasteiger partial charge on any atom is 0.325 e. The Labute approximate surface area is 153 Å². The first-order valence-corrected chi connectivity index (χ1v) is 8.89. The number of benzene rings is 1. The predicted octanol–water partition coefficient (Wildman–Crippen LogP) is 1.38. The van der Waals surface area contributed by atoms with Crippen LogP contribution in [0.3, 0.4) is 0 Å². The molecule has 1 saturated carbocycles. The minimum atomic E-state index is -0.855. The summed E-state index contributed by atoms with van der Waals surface area (Å²) in [6, 6.07) is 5.40. The van der Waals surface area contributed by atoms with Gasteiger partial charge < -0.3 is 15.4 Å². The fourth-order valence-corrected chi connectivity index (χ4v) is 3.44. The van der Waals surface area contributed by atoms with Crippen LogP contribution in [-0.2, 0) is 16.0 Å². The third-order valence-corrected chi connectivity index (χ3v) is 5.15. The Kier molecular flexibility index (Phi) is 4.89. The number of aryl methyl sites for hydroxylation is 1. The standard InChI is InChI=1S/C19H25N3O4/c1-12-4-7-15(26-3)13(10-12)8-9-20-16(23)11-22-17(24)19(2,14-5-6-14)21-18(22)25/h4,7,10,14H,5-6,8-9,11H2,1-3H3,(H,20,23)(H,21,25)/t19-/m1/s1. The largest absolute Gasteiger partial charge is 0.496 e. The number of urea groups is 1. The first-order valence-electron chi connectivity index (χ1n) is 8.89. The molecule has 7 nitrogen and oxygen atoms in total. The molecule has 1 saturated heterocycles. The van der Waals surface area contributed by atoms with Gasteiger partial charge in [0.25, 0.3) is 5.91 Å². The van der Waals surface area contributed by atoms with E-state index in [1.807, 2.05) is 25.1 Å². The lowest BCUT2D eigenvalue weighted by atomic mass is 9.96. The Morgan fingerprint density at radius 2 is 2.12 bits per heavy atom. The maximum absolute atomic E-state index is 12.5. The van der Waals surface area contributed by atoms with Crippen LogP contribution in [0.1, 0.15) is 30.9 Å². The van der Waals surface area contributed by atoms with Crippen LogP contribution in [-0.4, -0.2) is 48.5 Å². The van der Waals surface area contributed by atoms with Crippen molar-refractivity contribution in [1.82, 2.24) is 15.5 Å². The lowest BCUT2D eigenvalue weighted by molar-refractivity contribution is -0.135. The van der Waals surface area contributed by atoms with Gasteiger partial charge >= 0.3 is 6.03 Å². The topological polar surface area (TPSA) is 87.7 Å². The normalized spacial score (nSPS) is 22.3. The van der Waals surface area contributed by atoms with Crippen molar-refractivity contribution >= 4 is 17.8 Å². The zero-order valence-electron chi connectivity index (χ0n) is 15.4. The Hall–Kier alpha value is -2.57. The van der Waals surface area contributed by atoms with Crippen LogP contribution in [0.15, 0.2) is 18.2 Å². The van der Waals surface area contributed by atoms with Gasteiger partial charge in [-0.2, -0.15) is 0 Å². The smallest absolute Gasteiger partial charge is 0.325 e. The van der Waals surface area contributed by atoms with Crippen molar-refractivity contribution in [2.75, 3.05) is 20.2 Å². The second kappa shape index (κ2) is 6.97. The number of imide groups is 1. The van der Waals surface area contributed by atoms with Crippen LogP contribution in [0.5, 0.6) is 5.75 Å². The highest BCUT2D eigenvalue weighted by atomic mass is 16.5.